The Morgan fingerprint density at radius 2 is 1.28 bits per heavy atom. The Balaban J connectivity index is 2.08. The standard InChI is InChI=1S/C14H12N2O2/c15-12-8-6-11(7-9-12)14(18)16-13(17)10-4-2-1-3-5-10/h1-9H,15H2,(H,16,17,18). The van der Waals surface area contributed by atoms with E-state index >= 15 is 0 Å². The van der Waals surface area contributed by atoms with Gasteiger partial charge in [-0.25, -0.2) is 0 Å². The number of nitrogens with one attached hydrogen (secondary N) is 1. The molecule has 0 aliphatic rings. The van der Waals surface area contributed by atoms with Crippen molar-refractivity contribution in [3.63, 3.8) is 0 Å². The summed E-state index contributed by atoms with van der Waals surface area (Å²) in [6.45, 7) is 0. The first-order valence-corrected chi connectivity index (χ1v) is 5.43. The molecule has 2 rings (SSSR count). The first-order chi connectivity index (χ1) is 8.66. The largest absolute Gasteiger partial charge is 0.399 e. The molecule has 2 aromatic carbocycles. The van der Waals surface area contributed by atoms with Gasteiger partial charge in [0.1, 0.15) is 0 Å². The van der Waals surface area contributed by atoms with E-state index in [-0.39, 0.29) is 0 Å². The molecule has 90 valence electrons. The van der Waals surface area contributed by atoms with Crippen molar-refractivity contribution in [2.75, 3.05) is 5.73 Å². The summed E-state index contributed by atoms with van der Waals surface area (Å²) in [5.74, 6) is -0.860. The summed E-state index contributed by atoms with van der Waals surface area (Å²) in [5, 5.41) is 2.31. The molecule has 0 saturated carbocycles. The van der Waals surface area contributed by atoms with Gasteiger partial charge < -0.3 is 5.73 Å². The monoisotopic (exact) mass is 240 g/mol. The highest BCUT2D eigenvalue weighted by molar-refractivity contribution is 6.10. The van der Waals surface area contributed by atoms with Gasteiger partial charge in [0.25, 0.3) is 11.8 Å². The number of hydrogen-bond acceptors (Lipinski definition) is 3. The van der Waals surface area contributed by atoms with Crippen LogP contribution in [0.3, 0.4) is 0 Å². The molecule has 3 N–H and O–H groups in total. The van der Waals surface area contributed by atoms with Crippen molar-refractivity contribution in [1.82, 2.24) is 5.32 Å². The van der Waals surface area contributed by atoms with Gasteiger partial charge in [0.05, 0.1) is 0 Å². The van der Waals surface area contributed by atoms with E-state index in [1.165, 1.54) is 0 Å². The van der Waals surface area contributed by atoms with Crippen molar-refractivity contribution in [2.45, 2.75) is 0 Å². The maximum absolute atomic E-state index is 11.8. The van der Waals surface area contributed by atoms with E-state index in [0.29, 0.717) is 16.8 Å². The van der Waals surface area contributed by atoms with Crippen LogP contribution >= 0.6 is 0 Å². The van der Waals surface area contributed by atoms with Gasteiger partial charge in [-0.15, -0.1) is 0 Å². The van der Waals surface area contributed by atoms with Crippen LogP contribution in [0.2, 0.25) is 0 Å². The second-order valence-corrected chi connectivity index (χ2v) is 3.77. The van der Waals surface area contributed by atoms with Crippen LogP contribution in [0.25, 0.3) is 0 Å². The molecule has 0 radical (unpaired) electrons. The molecular formula is C14H12N2O2. The number of carbonyl (C=O) groups is 2. The number of hydrogen-bond donors (Lipinski definition) is 2. The zero-order valence-corrected chi connectivity index (χ0v) is 9.59. The van der Waals surface area contributed by atoms with Crippen LogP contribution < -0.4 is 11.1 Å². The molecule has 0 unspecified atom stereocenters. The third-order valence-electron chi connectivity index (χ3n) is 2.44. The van der Waals surface area contributed by atoms with Gasteiger partial charge in [-0.2, -0.15) is 0 Å². The fraction of sp³-hybridized carbons (Fsp3) is 0. The Bertz CT molecular complexity index is 562. The highest BCUT2D eigenvalue weighted by Gasteiger charge is 2.11. The van der Waals surface area contributed by atoms with Crippen molar-refractivity contribution in [3.8, 4) is 0 Å². The average Bonchev–Trinajstić information content (AvgIpc) is 2.40. The molecule has 4 heteroatoms. The maximum Gasteiger partial charge on any atom is 0.258 e. The third-order valence-corrected chi connectivity index (χ3v) is 2.44. The first-order valence-electron chi connectivity index (χ1n) is 5.43. The zero-order chi connectivity index (χ0) is 13.0. The number of rotatable bonds is 2. The minimum atomic E-state index is -0.441. The Morgan fingerprint density at radius 1 is 0.778 bits per heavy atom. The number of imide groups is 1. The van der Waals surface area contributed by atoms with E-state index in [4.69, 9.17) is 5.73 Å². The fourth-order valence-corrected chi connectivity index (χ4v) is 1.47. The molecule has 2 amide bonds. The summed E-state index contributed by atoms with van der Waals surface area (Å²) in [4.78, 5) is 23.5. The van der Waals surface area contributed by atoms with Gasteiger partial charge in [-0.1, -0.05) is 18.2 Å². The molecule has 0 atom stereocenters. The molecule has 18 heavy (non-hydrogen) atoms. The van der Waals surface area contributed by atoms with Crippen molar-refractivity contribution in [3.05, 3.63) is 65.7 Å². The molecule has 2 aromatic rings. The van der Waals surface area contributed by atoms with E-state index in [2.05, 4.69) is 5.32 Å². The lowest BCUT2D eigenvalue weighted by molar-refractivity contribution is 0.0849. The van der Waals surface area contributed by atoms with E-state index < -0.39 is 11.8 Å². The SMILES string of the molecule is Nc1ccc(C(=O)NC(=O)c2ccccc2)cc1. The number of anilines is 1. The number of nitrogens with two attached hydrogens (primary N) is 1. The minimum absolute atomic E-state index is 0.397. The third kappa shape index (κ3) is 2.74. The van der Waals surface area contributed by atoms with Gasteiger partial charge in [-0.3, -0.25) is 14.9 Å². The summed E-state index contributed by atoms with van der Waals surface area (Å²) >= 11 is 0. The fourth-order valence-electron chi connectivity index (χ4n) is 1.47. The lowest BCUT2D eigenvalue weighted by atomic mass is 10.1. The highest BCUT2D eigenvalue weighted by atomic mass is 16.2. The summed E-state index contributed by atoms with van der Waals surface area (Å²) in [6.07, 6.45) is 0. The maximum atomic E-state index is 11.8. The topological polar surface area (TPSA) is 72.2 Å². The van der Waals surface area contributed by atoms with E-state index in [0.717, 1.165) is 0 Å². The van der Waals surface area contributed by atoms with Crippen molar-refractivity contribution in [2.24, 2.45) is 0 Å². The summed E-state index contributed by atoms with van der Waals surface area (Å²) < 4.78 is 0. The molecule has 0 bridgehead atoms. The Labute approximate surface area is 104 Å². The predicted octanol–water partition coefficient (Wildman–Crippen LogP) is 1.84. The van der Waals surface area contributed by atoms with Crippen LogP contribution in [-0.2, 0) is 0 Å². The number of nitrogen functional groups attached to an aromatic ring is 1. The quantitative estimate of drug-likeness (QED) is 0.621. The van der Waals surface area contributed by atoms with Crippen LogP contribution in [0.5, 0.6) is 0 Å². The van der Waals surface area contributed by atoms with Gasteiger partial charge >= 0.3 is 0 Å². The molecule has 0 spiro atoms. The normalized spacial score (nSPS) is 9.78. The Kier molecular flexibility index (Phi) is 3.38. The van der Waals surface area contributed by atoms with E-state index in [1.807, 2.05) is 0 Å². The second kappa shape index (κ2) is 5.14. The summed E-state index contributed by atoms with van der Waals surface area (Å²) in [7, 11) is 0. The number of carbonyl (C=O) groups excluding carboxylic acids is 2. The smallest absolute Gasteiger partial charge is 0.258 e. The van der Waals surface area contributed by atoms with Crippen LogP contribution in [0.4, 0.5) is 5.69 Å². The van der Waals surface area contributed by atoms with E-state index in [1.54, 1.807) is 54.6 Å². The number of benzene rings is 2. The highest BCUT2D eigenvalue weighted by Crippen LogP contribution is 2.06. The molecule has 0 aliphatic carbocycles. The van der Waals surface area contributed by atoms with Gasteiger partial charge in [0.2, 0.25) is 0 Å². The molecule has 4 nitrogen and oxygen atoms in total. The Hall–Kier alpha value is -2.62. The molecule has 0 fully saturated rings. The second-order valence-electron chi connectivity index (χ2n) is 3.77. The lowest BCUT2D eigenvalue weighted by Gasteiger charge is -2.04. The average molecular weight is 240 g/mol. The predicted molar refractivity (Wildman–Crippen MR) is 69.1 cm³/mol. The van der Waals surface area contributed by atoms with Crippen LogP contribution in [-0.4, -0.2) is 11.8 Å². The molecule has 0 saturated heterocycles. The van der Waals surface area contributed by atoms with Crippen LogP contribution in [0.15, 0.2) is 54.6 Å². The van der Waals surface area contributed by atoms with Crippen LogP contribution in [0, 0.1) is 0 Å². The molecule has 0 aromatic heterocycles. The lowest BCUT2D eigenvalue weighted by Crippen LogP contribution is -2.30. The van der Waals surface area contributed by atoms with Gasteiger partial charge in [0, 0.05) is 16.8 Å². The molecule has 0 aliphatic heterocycles. The van der Waals surface area contributed by atoms with Crippen molar-refractivity contribution < 1.29 is 9.59 Å². The summed E-state index contributed by atoms with van der Waals surface area (Å²) in [5.41, 5.74) is 6.93. The van der Waals surface area contributed by atoms with Gasteiger partial charge in [-0.05, 0) is 36.4 Å². The van der Waals surface area contributed by atoms with Crippen LogP contribution in [0.1, 0.15) is 20.7 Å². The minimum Gasteiger partial charge on any atom is -0.399 e. The van der Waals surface area contributed by atoms with Crippen molar-refractivity contribution >= 4 is 17.5 Å². The van der Waals surface area contributed by atoms with Gasteiger partial charge in [0.15, 0.2) is 0 Å². The zero-order valence-electron chi connectivity index (χ0n) is 9.59. The summed E-state index contributed by atoms with van der Waals surface area (Å²) in [6, 6.07) is 14.9. The molecular weight excluding hydrogens is 228 g/mol. The van der Waals surface area contributed by atoms with E-state index in [9.17, 15) is 9.59 Å². The first kappa shape index (κ1) is 11.9. The number of amides is 2. The molecule has 0 heterocycles. The Morgan fingerprint density at radius 3 is 1.83 bits per heavy atom. The van der Waals surface area contributed by atoms with Crippen molar-refractivity contribution in [1.29, 1.82) is 0 Å².